The predicted octanol–water partition coefficient (Wildman–Crippen LogP) is -2.89. The maximum Gasteiger partial charge on any atom is 0.752 e. The van der Waals surface area contributed by atoms with Crippen molar-refractivity contribution < 1.29 is 23.0 Å². The van der Waals surface area contributed by atoms with Crippen LogP contribution in [0.15, 0.2) is 0 Å². The van der Waals surface area contributed by atoms with Crippen molar-refractivity contribution in [2.45, 2.75) is 0 Å². The average Bonchev–Trinajstić information content (AvgIpc) is 1.27. The Balaban J connectivity index is 3.13. The zero-order chi connectivity index (χ0) is 5.86. The summed E-state index contributed by atoms with van der Waals surface area (Å²) in [5.41, 5.74) is 0. The molecule has 7 heavy (non-hydrogen) atoms. The molecule has 0 aliphatic heterocycles. The standard InChI is InChI=1S/H4O5Si2/c1-6(2)5-7(3)4/h1-3,6H. The van der Waals surface area contributed by atoms with Crippen LogP contribution in [0.2, 0.25) is 0 Å². The second kappa shape index (κ2) is 2.85. The van der Waals surface area contributed by atoms with Crippen LogP contribution in [0.4, 0.5) is 0 Å². The molecule has 0 bridgehead atoms. The SMILES string of the molecule is O=[Si](O)O[SiH](O)O. The monoisotopic (exact) mass is 140 g/mol. The summed E-state index contributed by atoms with van der Waals surface area (Å²) in [6.45, 7) is 0. The molecule has 0 aliphatic carbocycles. The van der Waals surface area contributed by atoms with Gasteiger partial charge in [-0.05, 0) is 0 Å². The fraction of sp³-hybridized carbons (Fsp3) is 0. The summed E-state index contributed by atoms with van der Waals surface area (Å²) in [5.74, 6) is 0. The van der Waals surface area contributed by atoms with Gasteiger partial charge in [0.2, 0.25) is 0 Å². The maximum atomic E-state index is 9.49. The first-order valence-corrected chi connectivity index (χ1v) is 4.15. The lowest BCUT2D eigenvalue weighted by Gasteiger charge is -1.94. The van der Waals surface area contributed by atoms with E-state index in [-0.39, 0.29) is 0 Å². The Hall–Kier alpha value is -0.246. The van der Waals surface area contributed by atoms with Gasteiger partial charge in [-0.2, -0.15) is 0 Å². The molecule has 0 unspecified atom stereocenters. The molecule has 0 amide bonds. The van der Waals surface area contributed by atoms with Crippen molar-refractivity contribution in [3.8, 4) is 0 Å². The summed E-state index contributed by atoms with van der Waals surface area (Å²) in [4.78, 5) is 23.5. The third-order valence-corrected chi connectivity index (χ3v) is 1.86. The highest BCUT2D eigenvalue weighted by molar-refractivity contribution is 6.44. The average molecular weight is 140 g/mol. The van der Waals surface area contributed by atoms with Gasteiger partial charge in [0.1, 0.15) is 0 Å². The van der Waals surface area contributed by atoms with Gasteiger partial charge in [-0.25, -0.2) is 0 Å². The molecule has 0 aromatic carbocycles. The highest BCUT2D eigenvalue weighted by atomic mass is 28.4. The Kier molecular flexibility index (Phi) is 2.75. The molecular formula is H4O5Si2. The van der Waals surface area contributed by atoms with E-state index >= 15 is 0 Å². The van der Waals surface area contributed by atoms with Gasteiger partial charge >= 0.3 is 18.7 Å². The highest BCUT2D eigenvalue weighted by Crippen LogP contribution is 1.68. The Morgan fingerprint density at radius 2 is 2.00 bits per heavy atom. The van der Waals surface area contributed by atoms with Gasteiger partial charge in [-0.1, -0.05) is 0 Å². The maximum absolute atomic E-state index is 9.49. The number of rotatable bonds is 2. The summed E-state index contributed by atoms with van der Waals surface area (Å²) >= 11 is 0. The molecule has 42 valence electrons. The van der Waals surface area contributed by atoms with E-state index in [9.17, 15) is 4.46 Å². The quantitative estimate of drug-likeness (QED) is 0.358. The Morgan fingerprint density at radius 1 is 1.57 bits per heavy atom. The Morgan fingerprint density at radius 3 is 2.00 bits per heavy atom. The molecule has 0 saturated carbocycles. The molecule has 0 aliphatic rings. The van der Waals surface area contributed by atoms with Crippen LogP contribution in [0, 0.1) is 0 Å². The molecule has 0 aromatic rings. The fourth-order valence-electron chi connectivity index (χ4n) is 0.0902. The van der Waals surface area contributed by atoms with Crippen molar-refractivity contribution in [3.05, 3.63) is 0 Å². The smallest absolute Gasteiger partial charge is 0.512 e. The molecule has 0 aromatic heterocycles. The summed E-state index contributed by atoms with van der Waals surface area (Å²) in [6, 6.07) is 0. The Bertz CT molecular complexity index is 66.5. The van der Waals surface area contributed by atoms with Crippen LogP contribution in [0.1, 0.15) is 0 Å². The molecule has 0 spiro atoms. The van der Waals surface area contributed by atoms with Crippen molar-refractivity contribution in [3.63, 3.8) is 0 Å². The van der Waals surface area contributed by atoms with Crippen molar-refractivity contribution in [1.29, 1.82) is 0 Å². The molecule has 5 nitrogen and oxygen atoms in total. The van der Waals surface area contributed by atoms with E-state index in [4.69, 9.17) is 14.4 Å². The summed E-state index contributed by atoms with van der Waals surface area (Å²) in [7, 11) is -6.37. The van der Waals surface area contributed by atoms with Gasteiger partial charge in [0.25, 0.3) is 0 Å². The zero-order valence-electron chi connectivity index (χ0n) is 3.24. The van der Waals surface area contributed by atoms with Gasteiger partial charge in [0, 0.05) is 0 Å². The lowest BCUT2D eigenvalue weighted by Crippen LogP contribution is -2.22. The van der Waals surface area contributed by atoms with Crippen molar-refractivity contribution >= 4 is 18.7 Å². The third kappa shape index (κ3) is 5.75. The normalized spacial score (nSPS) is 9.00. The first kappa shape index (κ1) is 6.75. The van der Waals surface area contributed by atoms with E-state index in [1.165, 1.54) is 0 Å². The van der Waals surface area contributed by atoms with Crippen LogP contribution in [0.5, 0.6) is 0 Å². The predicted molar refractivity (Wildman–Crippen MR) is 21.3 cm³/mol. The van der Waals surface area contributed by atoms with Crippen LogP contribution in [-0.4, -0.2) is 33.1 Å². The molecule has 0 saturated heterocycles. The van der Waals surface area contributed by atoms with Crippen molar-refractivity contribution in [2.24, 2.45) is 0 Å². The van der Waals surface area contributed by atoms with E-state index < -0.39 is 18.7 Å². The molecule has 7 heteroatoms. The van der Waals surface area contributed by atoms with E-state index in [2.05, 4.69) is 4.12 Å². The van der Waals surface area contributed by atoms with E-state index in [0.717, 1.165) is 0 Å². The van der Waals surface area contributed by atoms with E-state index in [1.807, 2.05) is 0 Å². The fourth-order valence-corrected chi connectivity index (χ4v) is 0.812. The second-order valence-electron chi connectivity index (χ2n) is 0.710. The van der Waals surface area contributed by atoms with Gasteiger partial charge in [-0.3, -0.25) is 4.46 Å². The zero-order valence-corrected chi connectivity index (χ0v) is 5.39. The minimum absolute atomic E-state index is 3.12. The van der Waals surface area contributed by atoms with Crippen LogP contribution < -0.4 is 0 Å². The molecule has 3 N–H and O–H groups in total. The van der Waals surface area contributed by atoms with Crippen molar-refractivity contribution in [2.75, 3.05) is 0 Å². The second-order valence-corrected chi connectivity index (χ2v) is 2.84. The Labute approximate surface area is 42.7 Å². The summed E-state index contributed by atoms with van der Waals surface area (Å²) in [5, 5.41) is 0. The summed E-state index contributed by atoms with van der Waals surface area (Å²) < 4.78 is 13.1. The number of hydrogen-bond acceptors (Lipinski definition) is 4. The lowest BCUT2D eigenvalue weighted by atomic mass is 15.7. The van der Waals surface area contributed by atoms with Gasteiger partial charge in [0.05, 0.1) is 0 Å². The highest BCUT2D eigenvalue weighted by Gasteiger charge is 2.11. The first-order valence-electron chi connectivity index (χ1n) is 1.38. The van der Waals surface area contributed by atoms with Gasteiger partial charge < -0.3 is 18.5 Å². The third-order valence-electron chi connectivity index (χ3n) is 0.206. The molecule has 0 radical (unpaired) electrons. The van der Waals surface area contributed by atoms with E-state index in [1.54, 1.807) is 0 Å². The van der Waals surface area contributed by atoms with Crippen LogP contribution in [0.3, 0.4) is 0 Å². The molecular weight excluding hydrogens is 136 g/mol. The molecule has 0 fully saturated rings. The number of hydrogen-bond donors (Lipinski definition) is 3. The largest absolute Gasteiger partial charge is 0.752 e. The van der Waals surface area contributed by atoms with Gasteiger partial charge in [0.15, 0.2) is 0 Å². The molecule has 0 heterocycles. The van der Waals surface area contributed by atoms with Crippen LogP contribution >= 0.6 is 0 Å². The molecule has 0 rings (SSSR count). The minimum atomic E-state index is -3.25. The minimum Gasteiger partial charge on any atom is -0.512 e. The lowest BCUT2D eigenvalue weighted by molar-refractivity contribution is 0.241. The van der Waals surface area contributed by atoms with Crippen LogP contribution in [-0.2, 0) is 8.58 Å². The molecule has 0 atom stereocenters. The first-order chi connectivity index (χ1) is 3.13. The van der Waals surface area contributed by atoms with Crippen molar-refractivity contribution in [1.82, 2.24) is 0 Å². The van der Waals surface area contributed by atoms with Crippen LogP contribution in [0.25, 0.3) is 0 Å². The van der Waals surface area contributed by atoms with Gasteiger partial charge in [-0.15, -0.1) is 0 Å². The topological polar surface area (TPSA) is 87.0 Å². The van der Waals surface area contributed by atoms with E-state index in [0.29, 0.717) is 0 Å². The summed E-state index contributed by atoms with van der Waals surface area (Å²) in [6.07, 6.45) is 0.